The molecule has 12 heavy (non-hydrogen) atoms. The number of amides is 1. The normalized spacial score (nSPS) is 9.92. The Bertz CT molecular complexity index is 338. The maximum atomic E-state index is 12.8. The molecule has 0 radical (unpaired) electrons. The molecule has 0 aliphatic heterocycles. The maximum absolute atomic E-state index is 12.8. The summed E-state index contributed by atoms with van der Waals surface area (Å²) in [4.78, 5) is 10.8. The van der Waals surface area contributed by atoms with Gasteiger partial charge in [-0.05, 0) is 40.5 Å². The topological polar surface area (TPSA) is 43.1 Å². The molecule has 0 aliphatic carbocycles. The molecule has 0 bridgehead atoms. The zero-order chi connectivity index (χ0) is 9.30. The van der Waals surface area contributed by atoms with E-state index in [2.05, 4.69) is 15.9 Å². The summed E-state index contributed by atoms with van der Waals surface area (Å²) in [6, 6.07) is 2.65. The van der Waals surface area contributed by atoms with Crippen LogP contribution in [0.3, 0.4) is 0 Å². The molecule has 1 aromatic carbocycles. The number of carbonyl (C=O) groups excluding carboxylic acids is 1. The van der Waals surface area contributed by atoms with Crippen LogP contribution in [0.5, 0.6) is 0 Å². The van der Waals surface area contributed by atoms with Gasteiger partial charge in [0, 0.05) is 5.56 Å². The molecule has 0 aromatic heterocycles. The van der Waals surface area contributed by atoms with E-state index in [1.54, 1.807) is 6.92 Å². The van der Waals surface area contributed by atoms with Crippen molar-refractivity contribution < 1.29 is 9.18 Å². The van der Waals surface area contributed by atoms with Crippen molar-refractivity contribution in [2.24, 2.45) is 5.73 Å². The fourth-order valence-electron chi connectivity index (χ4n) is 0.912. The monoisotopic (exact) mass is 231 g/mol. The zero-order valence-electron chi connectivity index (χ0n) is 6.40. The second-order valence-corrected chi connectivity index (χ2v) is 3.30. The summed E-state index contributed by atoms with van der Waals surface area (Å²) in [5.41, 5.74) is 5.93. The standard InChI is InChI=1S/C8H7BrFNO/c1-4-2-7(10)6(9)3-5(4)8(11)12/h2-3H,1H3,(H2,11,12). The molecule has 0 heterocycles. The molecule has 0 unspecified atom stereocenters. The lowest BCUT2D eigenvalue weighted by Crippen LogP contribution is -2.12. The lowest BCUT2D eigenvalue weighted by Gasteiger charge is -2.02. The number of halogens is 2. The first-order chi connectivity index (χ1) is 5.52. The molecule has 2 N–H and O–H groups in total. The highest BCUT2D eigenvalue weighted by Gasteiger charge is 2.08. The van der Waals surface area contributed by atoms with Crippen LogP contribution in [0.15, 0.2) is 16.6 Å². The van der Waals surface area contributed by atoms with Crippen molar-refractivity contribution in [3.8, 4) is 0 Å². The molecule has 1 amide bonds. The number of carbonyl (C=O) groups is 1. The molecule has 0 spiro atoms. The van der Waals surface area contributed by atoms with Gasteiger partial charge in [0.05, 0.1) is 4.47 Å². The third-order valence-corrected chi connectivity index (χ3v) is 2.14. The highest BCUT2D eigenvalue weighted by atomic mass is 79.9. The third kappa shape index (κ3) is 1.64. The number of benzene rings is 1. The Morgan fingerprint density at radius 2 is 2.17 bits per heavy atom. The van der Waals surface area contributed by atoms with Crippen molar-refractivity contribution >= 4 is 21.8 Å². The summed E-state index contributed by atoms with van der Waals surface area (Å²) >= 11 is 2.97. The molecule has 2 nitrogen and oxygen atoms in total. The van der Waals surface area contributed by atoms with E-state index in [0.717, 1.165) is 0 Å². The van der Waals surface area contributed by atoms with Crippen LogP contribution >= 0.6 is 15.9 Å². The van der Waals surface area contributed by atoms with Crippen molar-refractivity contribution in [1.29, 1.82) is 0 Å². The van der Waals surface area contributed by atoms with Crippen molar-refractivity contribution in [1.82, 2.24) is 0 Å². The molecular formula is C8H7BrFNO. The molecule has 0 saturated heterocycles. The first-order valence-corrected chi connectivity index (χ1v) is 4.07. The molecule has 0 aliphatic rings. The molecule has 4 heteroatoms. The Morgan fingerprint density at radius 3 is 2.67 bits per heavy atom. The average molecular weight is 232 g/mol. The van der Waals surface area contributed by atoms with Gasteiger partial charge in [0.1, 0.15) is 5.82 Å². The minimum Gasteiger partial charge on any atom is -0.366 e. The number of nitrogens with two attached hydrogens (primary N) is 1. The van der Waals surface area contributed by atoms with E-state index < -0.39 is 11.7 Å². The van der Waals surface area contributed by atoms with Crippen LogP contribution in [0.25, 0.3) is 0 Å². The predicted octanol–water partition coefficient (Wildman–Crippen LogP) is 2.00. The molecule has 64 valence electrons. The van der Waals surface area contributed by atoms with Crippen LogP contribution in [0.4, 0.5) is 4.39 Å². The molecule has 1 aromatic rings. The van der Waals surface area contributed by atoms with Crippen LogP contribution in [-0.2, 0) is 0 Å². The van der Waals surface area contributed by atoms with Gasteiger partial charge in [0.25, 0.3) is 0 Å². The summed E-state index contributed by atoms with van der Waals surface area (Å²) in [5, 5.41) is 0. The van der Waals surface area contributed by atoms with Crippen molar-refractivity contribution in [2.45, 2.75) is 6.92 Å². The van der Waals surface area contributed by atoms with Crippen LogP contribution in [0.2, 0.25) is 0 Å². The van der Waals surface area contributed by atoms with Crippen molar-refractivity contribution in [3.63, 3.8) is 0 Å². The molecule has 1 rings (SSSR count). The Hall–Kier alpha value is -0.900. The Morgan fingerprint density at radius 1 is 1.58 bits per heavy atom. The minimum atomic E-state index is -0.548. The van der Waals surface area contributed by atoms with E-state index in [4.69, 9.17) is 5.73 Å². The van der Waals surface area contributed by atoms with Gasteiger partial charge in [0.15, 0.2) is 0 Å². The maximum Gasteiger partial charge on any atom is 0.249 e. The molecular weight excluding hydrogens is 225 g/mol. The Kier molecular flexibility index (Phi) is 2.47. The van der Waals surface area contributed by atoms with Crippen molar-refractivity contribution in [2.75, 3.05) is 0 Å². The Labute approximate surface area is 77.7 Å². The highest BCUT2D eigenvalue weighted by molar-refractivity contribution is 9.10. The number of hydrogen-bond donors (Lipinski definition) is 1. The van der Waals surface area contributed by atoms with E-state index >= 15 is 0 Å². The van der Waals surface area contributed by atoms with E-state index in [1.165, 1.54) is 12.1 Å². The number of hydrogen-bond acceptors (Lipinski definition) is 1. The van der Waals surface area contributed by atoms with Crippen LogP contribution < -0.4 is 5.73 Å². The van der Waals surface area contributed by atoms with Gasteiger partial charge >= 0.3 is 0 Å². The van der Waals surface area contributed by atoms with Gasteiger partial charge in [-0.25, -0.2) is 4.39 Å². The van der Waals surface area contributed by atoms with E-state index in [1.807, 2.05) is 0 Å². The lowest BCUT2D eigenvalue weighted by atomic mass is 10.1. The summed E-state index contributed by atoms with van der Waals surface area (Å²) in [7, 11) is 0. The second-order valence-electron chi connectivity index (χ2n) is 2.45. The van der Waals surface area contributed by atoms with Gasteiger partial charge in [0.2, 0.25) is 5.91 Å². The van der Waals surface area contributed by atoms with Crippen LogP contribution in [0, 0.1) is 12.7 Å². The predicted molar refractivity (Wildman–Crippen MR) is 47.4 cm³/mol. The van der Waals surface area contributed by atoms with Gasteiger partial charge in [-0.2, -0.15) is 0 Å². The van der Waals surface area contributed by atoms with Gasteiger partial charge in [-0.3, -0.25) is 4.79 Å². The van der Waals surface area contributed by atoms with E-state index in [9.17, 15) is 9.18 Å². The fraction of sp³-hybridized carbons (Fsp3) is 0.125. The summed E-state index contributed by atoms with van der Waals surface area (Å²) in [5.74, 6) is -0.939. The molecule has 0 fully saturated rings. The zero-order valence-corrected chi connectivity index (χ0v) is 7.98. The number of aryl methyl sites for hydroxylation is 1. The smallest absolute Gasteiger partial charge is 0.249 e. The quantitative estimate of drug-likeness (QED) is 0.790. The van der Waals surface area contributed by atoms with E-state index in [-0.39, 0.29) is 4.47 Å². The van der Waals surface area contributed by atoms with Crippen molar-refractivity contribution in [3.05, 3.63) is 33.5 Å². The number of rotatable bonds is 1. The van der Waals surface area contributed by atoms with Gasteiger partial charge in [-0.15, -0.1) is 0 Å². The largest absolute Gasteiger partial charge is 0.366 e. The SMILES string of the molecule is Cc1cc(F)c(Br)cc1C(N)=O. The van der Waals surface area contributed by atoms with E-state index in [0.29, 0.717) is 11.1 Å². The third-order valence-electron chi connectivity index (χ3n) is 1.53. The average Bonchev–Trinajstić information content (AvgIpc) is 1.96. The second kappa shape index (κ2) is 3.23. The highest BCUT2D eigenvalue weighted by Crippen LogP contribution is 2.19. The summed E-state index contributed by atoms with van der Waals surface area (Å²) in [6.45, 7) is 1.63. The summed E-state index contributed by atoms with van der Waals surface area (Å²) < 4.78 is 13.1. The van der Waals surface area contributed by atoms with Gasteiger partial charge in [-0.1, -0.05) is 0 Å². The number of primary amides is 1. The van der Waals surface area contributed by atoms with Gasteiger partial charge < -0.3 is 5.73 Å². The molecule has 0 saturated carbocycles. The summed E-state index contributed by atoms with van der Waals surface area (Å²) in [6.07, 6.45) is 0. The Balaban J connectivity index is 3.33. The first kappa shape index (κ1) is 9.19. The van der Waals surface area contributed by atoms with Crippen LogP contribution in [-0.4, -0.2) is 5.91 Å². The fourth-order valence-corrected chi connectivity index (χ4v) is 1.26. The van der Waals surface area contributed by atoms with Crippen LogP contribution in [0.1, 0.15) is 15.9 Å². The minimum absolute atomic E-state index is 0.252. The first-order valence-electron chi connectivity index (χ1n) is 3.28. The molecule has 0 atom stereocenters. The lowest BCUT2D eigenvalue weighted by molar-refractivity contribution is 0.0999.